The molecule has 1 rings (SSSR count). The molecule has 16 nitrogen and oxygen atoms in total. The fraction of sp³-hybridized carbons (Fsp3) is 0.667. The summed E-state index contributed by atoms with van der Waals surface area (Å²) in [6.45, 7) is 24.1. The predicted molar refractivity (Wildman–Crippen MR) is 235 cm³/mol. The number of esters is 2. The summed E-state index contributed by atoms with van der Waals surface area (Å²) in [7, 11) is -1.07. The summed E-state index contributed by atoms with van der Waals surface area (Å²) in [6, 6.07) is 5.03. The normalized spacial score (nSPS) is 13.3. The molecule has 0 aromatic heterocycles. The first-order valence-corrected chi connectivity index (χ1v) is 23.8. The number of amides is 4. The Bertz CT molecular complexity index is 1630. The van der Waals surface area contributed by atoms with Gasteiger partial charge in [-0.05, 0) is 106 Å². The van der Waals surface area contributed by atoms with E-state index in [1.807, 2.05) is 18.2 Å². The van der Waals surface area contributed by atoms with Crippen molar-refractivity contribution < 1.29 is 56.9 Å². The van der Waals surface area contributed by atoms with E-state index in [1.165, 1.54) is 7.11 Å². The zero-order chi connectivity index (χ0) is 45.9. The minimum Gasteiger partial charge on any atom is -0.542 e. The lowest BCUT2D eigenvalue weighted by Crippen LogP contribution is -2.44. The molecule has 0 radical (unpaired) electrons. The first-order chi connectivity index (χ1) is 27.6. The predicted octanol–water partition coefficient (Wildman–Crippen LogP) is 6.31. The van der Waals surface area contributed by atoms with Crippen molar-refractivity contribution in [1.29, 1.82) is 0 Å². The molecule has 4 N–H and O–H groups in total. The van der Waals surface area contributed by atoms with Gasteiger partial charge in [-0.15, -0.1) is 0 Å². The number of carbonyl (C=O) groups excluding carboxylic acids is 6. The highest BCUT2D eigenvalue weighted by atomic mass is 79.9. The van der Waals surface area contributed by atoms with Gasteiger partial charge in [-0.1, -0.05) is 33.8 Å². The topological polar surface area (TPSA) is 206 Å². The minimum absolute atomic E-state index is 0.00156. The van der Waals surface area contributed by atoms with Crippen LogP contribution in [0.3, 0.4) is 0 Å². The van der Waals surface area contributed by atoms with Crippen molar-refractivity contribution in [1.82, 2.24) is 16.0 Å². The SMILES string of the molecule is COC(=O)CCNC(=O)/C(Br)=C/C(=O)NCCOCCOCCC(=O)Nc1cc(C[C@@H](CC(C)C(=O)OC(C)(C)C)NC(=O)OC(C)(C)C)ccc1O[Si](C)(C)C(C)(C)C. The van der Waals surface area contributed by atoms with Crippen LogP contribution in [0, 0.1) is 5.92 Å². The Hall–Kier alpha value is -4.00. The number of benzene rings is 1. The third-order valence-corrected chi connectivity index (χ3v) is 13.8. The number of rotatable bonds is 23. The molecule has 340 valence electrons. The third-order valence-electron chi connectivity index (χ3n) is 8.85. The maximum atomic E-state index is 13.2. The Labute approximate surface area is 365 Å². The summed E-state index contributed by atoms with van der Waals surface area (Å²) in [5.41, 5.74) is -0.124. The summed E-state index contributed by atoms with van der Waals surface area (Å²) in [5.74, 6) is -2.20. The van der Waals surface area contributed by atoms with Gasteiger partial charge in [0.15, 0.2) is 0 Å². The van der Waals surface area contributed by atoms with Crippen molar-refractivity contribution in [3.63, 3.8) is 0 Å². The molecule has 0 spiro atoms. The van der Waals surface area contributed by atoms with Crippen LogP contribution in [0.5, 0.6) is 5.75 Å². The Morgan fingerprint density at radius 3 is 2.02 bits per heavy atom. The largest absolute Gasteiger partial charge is 0.542 e. The number of alkyl carbamates (subject to hydrolysis) is 1. The third kappa shape index (κ3) is 23.1. The molecular formula is C42H69BrN4O12Si. The fourth-order valence-corrected chi connectivity index (χ4v) is 6.22. The van der Waals surface area contributed by atoms with Gasteiger partial charge >= 0.3 is 18.0 Å². The number of anilines is 1. The summed E-state index contributed by atoms with van der Waals surface area (Å²) in [5, 5.41) is 10.9. The van der Waals surface area contributed by atoms with Gasteiger partial charge in [0, 0.05) is 25.2 Å². The number of nitrogens with one attached hydrogen (secondary N) is 4. The lowest BCUT2D eigenvalue weighted by atomic mass is 9.95. The maximum absolute atomic E-state index is 13.2. The Balaban J connectivity index is 2.89. The second kappa shape index (κ2) is 25.1. The van der Waals surface area contributed by atoms with Gasteiger partial charge in [-0.3, -0.25) is 24.0 Å². The average Bonchev–Trinajstić information content (AvgIpc) is 3.09. The van der Waals surface area contributed by atoms with E-state index < -0.39 is 55.4 Å². The van der Waals surface area contributed by atoms with Crippen molar-refractivity contribution >= 4 is 65.7 Å². The number of carbonyl (C=O) groups is 6. The molecule has 1 aromatic carbocycles. The van der Waals surface area contributed by atoms with Crippen LogP contribution in [0.4, 0.5) is 10.5 Å². The zero-order valence-corrected chi connectivity index (χ0v) is 40.4. The quantitative estimate of drug-likeness (QED) is 0.0313. The second-order valence-corrected chi connectivity index (χ2v) is 23.4. The summed E-state index contributed by atoms with van der Waals surface area (Å²) < 4.78 is 33.4. The van der Waals surface area contributed by atoms with Crippen LogP contribution in [0.1, 0.15) is 94.1 Å². The van der Waals surface area contributed by atoms with Crippen molar-refractivity contribution in [2.75, 3.05) is 51.9 Å². The van der Waals surface area contributed by atoms with E-state index in [0.29, 0.717) is 17.9 Å². The van der Waals surface area contributed by atoms with E-state index in [9.17, 15) is 28.8 Å². The van der Waals surface area contributed by atoms with Gasteiger partial charge in [-0.25, -0.2) is 4.79 Å². The molecule has 0 aliphatic heterocycles. The molecule has 0 aliphatic carbocycles. The highest BCUT2D eigenvalue weighted by Crippen LogP contribution is 2.40. The lowest BCUT2D eigenvalue weighted by Gasteiger charge is -2.37. The number of methoxy groups -OCH3 is 1. The standard InChI is InChI=1S/C42H69BrN4O12Si/c1-28(38(52)57-40(2,3)4)24-30(46-39(53)58-41(5,6)7)25-29-14-15-33(59-60(12,13)42(8,9)10)32(26-29)47-34(48)17-20-55-22-23-56-21-19-44-35(49)27-31(43)37(51)45-18-16-36(50)54-11/h14-15,26-28,30H,16-25H2,1-13H3,(H,44,49)(H,45,51)(H,46,53)(H,47,48)/b31-27-/t28?,30-/m1/s1. The van der Waals surface area contributed by atoms with E-state index in [4.69, 9.17) is 23.4 Å². The number of hydrogen-bond donors (Lipinski definition) is 4. The van der Waals surface area contributed by atoms with Crippen molar-refractivity contribution in [3.8, 4) is 5.75 Å². The highest BCUT2D eigenvalue weighted by Gasteiger charge is 2.39. The number of hydrogen-bond acceptors (Lipinski definition) is 12. The van der Waals surface area contributed by atoms with Gasteiger partial charge in [0.25, 0.3) is 14.2 Å². The van der Waals surface area contributed by atoms with Gasteiger partial charge in [0.2, 0.25) is 11.8 Å². The van der Waals surface area contributed by atoms with Crippen LogP contribution in [0.25, 0.3) is 0 Å². The average molecular weight is 930 g/mol. The van der Waals surface area contributed by atoms with Gasteiger partial charge < -0.3 is 49.4 Å². The molecule has 4 amide bonds. The zero-order valence-electron chi connectivity index (χ0n) is 37.8. The molecule has 1 aromatic rings. The molecule has 0 saturated carbocycles. The van der Waals surface area contributed by atoms with Crippen LogP contribution in [-0.2, 0) is 54.1 Å². The van der Waals surface area contributed by atoms with Crippen molar-refractivity contribution in [3.05, 3.63) is 34.3 Å². The Kier molecular flexibility index (Phi) is 22.6. The molecule has 2 atom stereocenters. The second-order valence-electron chi connectivity index (χ2n) is 17.8. The summed E-state index contributed by atoms with van der Waals surface area (Å²) in [4.78, 5) is 74.3. The summed E-state index contributed by atoms with van der Waals surface area (Å²) in [6.07, 6.45) is 1.14. The molecule has 0 fully saturated rings. The van der Waals surface area contributed by atoms with Crippen LogP contribution in [0.15, 0.2) is 28.8 Å². The van der Waals surface area contributed by atoms with Crippen molar-refractivity contribution in [2.24, 2.45) is 5.92 Å². The monoisotopic (exact) mass is 928 g/mol. The van der Waals surface area contributed by atoms with E-state index in [-0.39, 0.29) is 80.2 Å². The molecule has 0 aliphatic rings. The minimum atomic E-state index is -2.33. The molecule has 0 bridgehead atoms. The molecule has 0 heterocycles. The number of ether oxygens (including phenoxy) is 5. The van der Waals surface area contributed by atoms with E-state index in [1.54, 1.807) is 48.5 Å². The molecular weight excluding hydrogens is 860 g/mol. The molecule has 1 unspecified atom stereocenters. The van der Waals surface area contributed by atoms with Gasteiger partial charge in [-0.2, -0.15) is 0 Å². The van der Waals surface area contributed by atoms with Gasteiger partial charge in [0.05, 0.1) is 62.5 Å². The van der Waals surface area contributed by atoms with Crippen LogP contribution >= 0.6 is 15.9 Å². The molecule has 0 saturated heterocycles. The Morgan fingerprint density at radius 2 is 1.43 bits per heavy atom. The van der Waals surface area contributed by atoms with Crippen LogP contribution < -0.4 is 25.7 Å². The smallest absolute Gasteiger partial charge is 0.407 e. The number of halogens is 1. The highest BCUT2D eigenvalue weighted by molar-refractivity contribution is 9.12. The maximum Gasteiger partial charge on any atom is 0.407 e. The van der Waals surface area contributed by atoms with Crippen molar-refractivity contribution in [2.45, 2.75) is 130 Å². The van der Waals surface area contributed by atoms with E-state index in [2.05, 4.69) is 75.8 Å². The molecule has 18 heteroatoms. The van der Waals surface area contributed by atoms with E-state index in [0.717, 1.165) is 11.6 Å². The lowest BCUT2D eigenvalue weighted by molar-refractivity contribution is -0.159. The van der Waals surface area contributed by atoms with E-state index >= 15 is 0 Å². The Morgan fingerprint density at radius 1 is 0.817 bits per heavy atom. The van der Waals surface area contributed by atoms with Gasteiger partial charge in [0.1, 0.15) is 17.0 Å². The van der Waals surface area contributed by atoms with Crippen LogP contribution in [-0.4, -0.2) is 108 Å². The fourth-order valence-electron chi connectivity index (χ4n) is 4.84. The first kappa shape index (κ1) is 54.0. The first-order valence-electron chi connectivity index (χ1n) is 20.1. The summed E-state index contributed by atoms with van der Waals surface area (Å²) >= 11 is 3.04. The van der Waals surface area contributed by atoms with Crippen LogP contribution in [0.2, 0.25) is 18.1 Å². The molecule has 60 heavy (non-hydrogen) atoms.